The first-order chi connectivity index (χ1) is 8.31. The number of nitrogens with two attached hydrogens (primary N) is 1. The number of hydrogen-bond acceptors (Lipinski definition) is 2. The van der Waals surface area contributed by atoms with Crippen LogP contribution in [0.4, 0.5) is 18.0 Å². The average molecular weight is 262 g/mol. The number of benzene rings is 1. The molecular formula is C11H13F3N2O2. The summed E-state index contributed by atoms with van der Waals surface area (Å²) in [5.41, 5.74) is 5.45. The van der Waals surface area contributed by atoms with Crippen molar-refractivity contribution in [3.8, 4) is 5.75 Å². The molecule has 2 amide bonds. The number of alkyl halides is 3. The van der Waals surface area contributed by atoms with Crippen molar-refractivity contribution in [1.29, 1.82) is 0 Å². The highest BCUT2D eigenvalue weighted by atomic mass is 19.4. The van der Waals surface area contributed by atoms with E-state index in [-0.39, 0.29) is 6.54 Å². The number of rotatable bonds is 4. The Hall–Kier alpha value is -1.92. The Labute approximate surface area is 102 Å². The third-order valence-electron chi connectivity index (χ3n) is 2.21. The monoisotopic (exact) mass is 262 g/mol. The highest BCUT2D eigenvalue weighted by molar-refractivity contribution is 5.72. The molecule has 0 spiro atoms. The van der Waals surface area contributed by atoms with Crippen LogP contribution in [0, 0.1) is 0 Å². The van der Waals surface area contributed by atoms with Gasteiger partial charge in [0.05, 0.1) is 7.11 Å². The first-order valence-electron chi connectivity index (χ1n) is 5.06. The van der Waals surface area contributed by atoms with E-state index in [1.165, 1.54) is 7.11 Å². The standard InChI is InChI=1S/C11H13F3N2O2/c1-18-9-4-2-8(3-5-9)6-16(10(15)17)7-11(12,13)14/h2-5H,6-7H2,1H3,(H2,15,17). The molecule has 0 radical (unpaired) electrons. The summed E-state index contributed by atoms with van der Waals surface area (Å²) in [6.07, 6.45) is -4.47. The van der Waals surface area contributed by atoms with Gasteiger partial charge < -0.3 is 15.4 Å². The molecule has 1 rings (SSSR count). The average Bonchev–Trinajstić information content (AvgIpc) is 2.27. The molecule has 0 saturated carbocycles. The Bertz CT molecular complexity index is 404. The van der Waals surface area contributed by atoms with Gasteiger partial charge in [-0.1, -0.05) is 12.1 Å². The lowest BCUT2D eigenvalue weighted by Gasteiger charge is -2.21. The second-order valence-corrected chi connectivity index (χ2v) is 3.66. The van der Waals surface area contributed by atoms with Crippen LogP contribution in [-0.4, -0.2) is 30.8 Å². The number of ether oxygens (including phenoxy) is 1. The minimum absolute atomic E-state index is 0.196. The summed E-state index contributed by atoms with van der Waals surface area (Å²) in [4.78, 5) is 11.5. The van der Waals surface area contributed by atoms with Gasteiger partial charge in [-0.25, -0.2) is 4.79 Å². The minimum atomic E-state index is -4.47. The smallest absolute Gasteiger partial charge is 0.406 e. The van der Waals surface area contributed by atoms with Crippen LogP contribution in [-0.2, 0) is 6.54 Å². The van der Waals surface area contributed by atoms with Crippen molar-refractivity contribution in [1.82, 2.24) is 4.90 Å². The van der Waals surface area contributed by atoms with Crippen molar-refractivity contribution in [2.24, 2.45) is 5.73 Å². The number of amides is 2. The van der Waals surface area contributed by atoms with Gasteiger partial charge in [0, 0.05) is 6.54 Å². The van der Waals surface area contributed by atoms with Gasteiger partial charge in [-0.05, 0) is 17.7 Å². The molecule has 0 aromatic heterocycles. The predicted molar refractivity (Wildman–Crippen MR) is 59.0 cm³/mol. The number of hydrogen-bond donors (Lipinski definition) is 1. The fraction of sp³-hybridized carbons (Fsp3) is 0.364. The number of nitrogens with zero attached hydrogens (tertiary/aromatic N) is 1. The van der Waals surface area contributed by atoms with Crippen LogP contribution in [0.5, 0.6) is 5.75 Å². The minimum Gasteiger partial charge on any atom is -0.497 e. The Morgan fingerprint density at radius 1 is 1.33 bits per heavy atom. The van der Waals surface area contributed by atoms with Crippen LogP contribution in [0.1, 0.15) is 5.56 Å². The normalized spacial score (nSPS) is 11.1. The lowest BCUT2D eigenvalue weighted by molar-refractivity contribution is -0.140. The van der Waals surface area contributed by atoms with Gasteiger partial charge in [0.25, 0.3) is 0 Å². The third kappa shape index (κ3) is 4.52. The topological polar surface area (TPSA) is 55.6 Å². The van der Waals surface area contributed by atoms with Crippen molar-refractivity contribution in [2.75, 3.05) is 13.7 Å². The Kier molecular flexibility index (Phi) is 4.41. The molecule has 0 aliphatic rings. The predicted octanol–water partition coefficient (Wildman–Crippen LogP) is 2.14. The van der Waals surface area contributed by atoms with E-state index in [1.807, 2.05) is 0 Å². The number of carbonyl (C=O) groups excluding carboxylic acids is 1. The lowest BCUT2D eigenvalue weighted by atomic mass is 10.2. The maximum atomic E-state index is 12.2. The number of primary amides is 1. The molecule has 0 fully saturated rings. The van der Waals surface area contributed by atoms with Gasteiger partial charge in [-0.3, -0.25) is 0 Å². The third-order valence-corrected chi connectivity index (χ3v) is 2.21. The summed E-state index contributed by atoms with van der Waals surface area (Å²) in [5.74, 6) is 0.584. The van der Waals surface area contributed by atoms with Gasteiger partial charge in [0.15, 0.2) is 0 Å². The SMILES string of the molecule is COc1ccc(CN(CC(F)(F)F)C(N)=O)cc1. The maximum Gasteiger partial charge on any atom is 0.406 e. The fourth-order valence-electron chi connectivity index (χ4n) is 1.38. The summed E-state index contributed by atoms with van der Waals surface area (Å²) < 4.78 is 41.6. The molecule has 1 aromatic rings. The molecule has 0 atom stereocenters. The zero-order valence-electron chi connectivity index (χ0n) is 9.70. The Morgan fingerprint density at radius 2 is 1.89 bits per heavy atom. The molecule has 1 aromatic carbocycles. The molecule has 0 bridgehead atoms. The molecule has 18 heavy (non-hydrogen) atoms. The number of methoxy groups -OCH3 is 1. The van der Waals surface area contributed by atoms with Gasteiger partial charge in [0.1, 0.15) is 12.3 Å². The van der Waals surface area contributed by atoms with Crippen molar-refractivity contribution in [3.05, 3.63) is 29.8 Å². The van der Waals surface area contributed by atoms with Gasteiger partial charge in [0.2, 0.25) is 0 Å². The van der Waals surface area contributed by atoms with Crippen LogP contribution in [0.2, 0.25) is 0 Å². The molecule has 2 N–H and O–H groups in total. The molecule has 0 aliphatic carbocycles. The lowest BCUT2D eigenvalue weighted by Crippen LogP contribution is -2.41. The maximum absolute atomic E-state index is 12.2. The first kappa shape index (κ1) is 14.1. The molecule has 0 saturated heterocycles. The van der Waals surface area contributed by atoms with E-state index in [9.17, 15) is 18.0 Å². The summed E-state index contributed by atoms with van der Waals surface area (Å²) in [5, 5.41) is 0. The summed E-state index contributed by atoms with van der Waals surface area (Å²) in [6.45, 7) is -1.56. The molecule has 0 heterocycles. The highest BCUT2D eigenvalue weighted by Gasteiger charge is 2.32. The molecule has 0 unspecified atom stereocenters. The van der Waals surface area contributed by atoms with E-state index in [0.717, 1.165) is 0 Å². The van der Waals surface area contributed by atoms with Gasteiger partial charge >= 0.3 is 12.2 Å². The zero-order valence-corrected chi connectivity index (χ0v) is 9.70. The zero-order chi connectivity index (χ0) is 13.8. The van der Waals surface area contributed by atoms with E-state index in [0.29, 0.717) is 16.2 Å². The van der Waals surface area contributed by atoms with E-state index < -0.39 is 18.8 Å². The Balaban J connectivity index is 2.74. The second-order valence-electron chi connectivity index (χ2n) is 3.66. The van der Waals surface area contributed by atoms with Crippen molar-refractivity contribution >= 4 is 6.03 Å². The van der Waals surface area contributed by atoms with Crippen LogP contribution >= 0.6 is 0 Å². The molecule has 4 nitrogen and oxygen atoms in total. The van der Waals surface area contributed by atoms with E-state index in [1.54, 1.807) is 24.3 Å². The molecule has 7 heteroatoms. The molecule has 100 valence electrons. The van der Waals surface area contributed by atoms with Crippen molar-refractivity contribution in [3.63, 3.8) is 0 Å². The van der Waals surface area contributed by atoms with Crippen LogP contribution in [0.25, 0.3) is 0 Å². The van der Waals surface area contributed by atoms with E-state index in [4.69, 9.17) is 10.5 Å². The van der Waals surface area contributed by atoms with Crippen LogP contribution < -0.4 is 10.5 Å². The highest BCUT2D eigenvalue weighted by Crippen LogP contribution is 2.19. The molecule has 0 aliphatic heterocycles. The second kappa shape index (κ2) is 5.61. The number of urea groups is 1. The quantitative estimate of drug-likeness (QED) is 0.903. The summed E-state index contributed by atoms with van der Waals surface area (Å²) in [7, 11) is 1.48. The Morgan fingerprint density at radius 3 is 2.28 bits per heavy atom. The number of halogens is 3. The van der Waals surface area contributed by atoms with Gasteiger partial charge in [-0.15, -0.1) is 0 Å². The first-order valence-corrected chi connectivity index (χ1v) is 5.06. The van der Waals surface area contributed by atoms with Crippen molar-refractivity contribution in [2.45, 2.75) is 12.7 Å². The summed E-state index contributed by atoms with van der Waals surface area (Å²) >= 11 is 0. The van der Waals surface area contributed by atoms with E-state index in [2.05, 4.69) is 0 Å². The number of carbonyl (C=O) groups is 1. The fourth-order valence-corrected chi connectivity index (χ4v) is 1.38. The van der Waals surface area contributed by atoms with Crippen LogP contribution in [0.3, 0.4) is 0 Å². The summed E-state index contributed by atoms with van der Waals surface area (Å²) in [6, 6.07) is 5.24. The van der Waals surface area contributed by atoms with Crippen LogP contribution in [0.15, 0.2) is 24.3 Å². The largest absolute Gasteiger partial charge is 0.497 e. The van der Waals surface area contributed by atoms with E-state index >= 15 is 0 Å². The molecular weight excluding hydrogens is 249 g/mol. The van der Waals surface area contributed by atoms with Gasteiger partial charge in [-0.2, -0.15) is 13.2 Å². The van der Waals surface area contributed by atoms with Crippen molar-refractivity contribution < 1.29 is 22.7 Å².